The summed E-state index contributed by atoms with van der Waals surface area (Å²) in [5.41, 5.74) is 5.23. The Labute approximate surface area is 58.0 Å². The molecule has 1 aliphatic heterocycles. The van der Waals surface area contributed by atoms with E-state index in [1.54, 1.807) is 0 Å². The van der Waals surface area contributed by atoms with E-state index in [9.17, 15) is 0 Å². The molecule has 4 atom stereocenters. The molecule has 60 valence electrons. The maximum atomic E-state index is 9.00. The molecule has 0 bridgehead atoms. The molecule has 1 saturated heterocycles. The summed E-state index contributed by atoms with van der Waals surface area (Å²) in [4.78, 5) is 0. The molecule has 1 fully saturated rings. The molecule has 0 spiro atoms. The fourth-order valence-corrected chi connectivity index (χ4v) is 0.832. The van der Waals surface area contributed by atoms with Gasteiger partial charge in [-0.15, -0.1) is 0 Å². The molecule has 1 heterocycles. The molecule has 0 aromatic heterocycles. The van der Waals surface area contributed by atoms with Gasteiger partial charge in [0.2, 0.25) is 0 Å². The second-order valence-corrected chi connectivity index (χ2v) is 2.36. The summed E-state index contributed by atoms with van der Waals surface area (Å²) in [5.74, 6) is 0. The van der Waals surface area contributed by atoms with Crippen LogP contribution in [0.15, 0.2) is 0 Å². The number of ether oxygens (including phenoxy) is 1. The first kappa shape index (κ1) is 7.90. The summed E-state index contributed by atoms with van der Waals surface area (Å²) in [6, 6.07) is -0.913. The molecule has 0 saturated carbocycles. The molecule has 0 amide bonds. The zero-order chi connectivity index (χ0) is 7.72. The highest BCUT2D eigenvalue weighted by molar-refractivity contribution is 4.84. The highest BCUT2D eigenvalue weighted by Gasteiger charge is 2.34. The topological polar surface area (TPSA) is 95.9 Å². The Hall–Kier alpha value is -0.200. The quantitative estimate of drug-likeness (QED) is 0.302. The first-order valence-corrected chi connectivity index (χ1v) is 3.04. The van der Waals surface area contributed by atoms with Crippen molar-refractivity contribution in [2.45, 2.75) is 24.5 Å². The van der Waals surface area contributed by atoms with Gasteiger partial charge in [-0.2, -0.15) is 0 Å². The second kappa shape index (κ2) is 2.81. The van der Waals surface area contributed by atoms with E-state index in [2.05, 4.69) is 4.74 Å². The van der Waals surface area contributed by atoms with Crippen LogP contribution in [0.4, 0.5) is 0 Å². The van der Waals surface area contributed by atoms with Crippen LogP contribution in [0, 0.1) is 0 Å². The predicted molar refractivity (Wildman–Crippen MR) is 31.9 cm³/mol. The van der Waals surface area contributed by atoms with Crippen molar-refractivity contribution in [3.05, 3.63) is 0 Å². The highest BCUT2D eigenvalue weighted by Crippen LogP contribution is 2.10. The van der Waals surface area contributed by atoms with Crippen molar-refractivity contribution >= 4 is 0 Å². The fraction of sp³-hybridized carbons (Fsp3) is 1.00. The summed E-state index contributed by atoms with van der Waals surface area (Å²) in [6.07, 6.45) is -3.25. The highest BCUT2D eigenvalue weighted by atomic mass is 16.6. The van der Waals surface area contributed by atoms with Crippen molar-refractivity contribution < 1.29 is 20.1 Å². The van der Waals surface area contributed by atoms with Crippen LogP contribution in [0.2, 0.25) is 0 Å². The van der Waals surface area contributed by atoms with Crippen molar-refractivity contribution in [1.29, 1.82) is 0 Å². The molecule has 5 heteroatoms. The molecule has 10 heavy (non-hydrogen) atoms. The van der Waals surface area contributed by atoms with Crippen LogP contribution in [-0.2, 0) is 4.74 Å². The van der Waals surface area contributed by atoms with E-state index < -0.39 is 24.5 Å². The average molecular weight is 149 g/mol. The van der Waals surface area contributed by atoms with Gasteiger partial charge in [0.05, 0.1) is 12.6 Å². The van der Waals surface area contributed by atoms with E-state index in [0.29, 0.717) is 0 Å². The molecule has 1 aliphatic rings. The lowest BCUT2D eigenvalue weighted by Gasteiger charge is -2.32. The normalized spacial score (nSPS) is 49.2. The van der Waals surface area contributed by atoms with Crippen LogP contribution >= 0.6 is 0 Å². The van der Waals surface area contributed by atoms with Crippen molar-refractivity contribution in [1.82, 2.24) is 0 Å². The number of nitrogens with two attached hydrogens (primary N) is 1. The van der Waals surface area contributed by atoms with Crippen LogP contribution in [0.1, 0.15) is 0 Å². The van der Waals surface area contributed by atoms with E-state index in [4.69, 9.17) is 21.1 Å². The van der Waals surface area contributed by atoms with Crippen molar-refractivity contribution in [3.8, 4) is 0 Å². The van der Waals surface area contributed by atoms with Crippen LogP contribution in [0.5, 0.6) is 0 Å². The van der Waals surface area contributed by atoms with Gasteiger partial charge in [-0.05, 0) is 0 Å². The van der Waals surface area contributed by atoms with Gasteiger partial charge in [0.1, 0.15) is 12.2 Å². The lowest BCUT2D eigenvalue weighted by molar-refractivity contribution is -0.205. The van der Waals surface area contributed by atoms with Crippen LogP contribution in [0.3, 0.4) is 0 Å². The Morgan fingerprint density at radius 3 is 2.40 bits per heavy atom. The minimum atomic E-state index is -1.17. The van der Waals surface area contributed by atoms with Gasteiger partial charge in [-0.25, -0.2) is 0 Å². The van der Waals surface area contributed by atoms with Gasteiger partial charge in [0.15, 0.2) is 6.29 Å². The molecule has 0 aromatic rings. The lowest BCUT2D eigenvalue weighted by Crippen LogP contribution is -2.57. The molecule has 5 nitrogen and oxygen atoms in total. The van der Waals surface area contributed by atoms with Gasteiger partial charge in [-0.1, -0.05) is 0 Å². The Bertz CT molecular complexity index is 106. The standard InChI is InChI=1S/C5H11NO4/c6-3-4(8)2(7)1-10-5(3)9/h2-5,7-9H,1,6H2/t2-,3-,4-,5+/m0/s1. The fourth-order valence-electron chi connectivity index (χ4n) is 0.832. The number of hydrogen-bond acceptors (Lipinski definition) is 5. The van der Waals surface area contributed by atoms with Gasteiger partial charge in [0.25, 0.3) is 0 Å². The van der Waals surface area contributed by atoms with E-state index in [-0.39, 0.29) is 6.61 Å². The smallest absolute Gasteiger partial charge is 0.172 e. The molecule has 5 N–H and O–H groups in total. The molecule has 0 radical (unpaired) electrons. The van der Waals surface area contributed by atoms with Crippen molar-refractivity contribution in [2.75, 3.05) is 6.61 Å². The molecular formula is C5H11NO4. The largest absolute Gasteiger partial charge is 0.389 e. The zero-order valence-corrected chi connectivity index (χ0v) is 5.34. The number of aliphatic hydroxyl groups is 3. The molecule has 1 rings (SSSR count). The minimum absolute atomic E-state index is 0.0734. The molecule has 0 aromatic carbocycles. The second-order valence-electron chi connectivity index (χ2n) is 2.36. The Kier molecular flexibility index (Phi) is 2.22. The Balaban J connectivity index is 2.52. The summed E-state index contributed by atoms with van der Waals surface area (Å²) in [6.45, 7) is -0.0734. The van der Waals surface area contributed by atoms with Gasteiger partial charge >= 0.3 is 0 Å². The Morgan fingerprint density at radius 1 is 1.30 bits per heavy atom. The van der Waals surface area contributed by atoms with Gasteiger partial charge in [0, 0.05) is 0 Å². The number of aliphatic hydroxyl groups excluding tert-OH is 3. The first-order chi connectivity index (χ1) is 4.63. The lowest BCUT2D eigenvalue weighted by atomic mass is 10.0. The van der Waals surface area contributed by atoms with Crippen molar-refractivity contribution in [2.24, 2.45) is 5.73 Å². The van der Waals surface area contributed by atoms with E-state index >= 15 is 0 Å². The molecule has 0 unspecified atom stereocenters. The third kappa shape index (κ3) is 1.28. The summed E-state index contributed by atoms with van der Waals surface area (Å²) in [5, 5.41) is 26.7. The van der Waals surface area contributed by atoms with Crippen LogP contribution < -0.4 is 5.73 Å². The van der Waals surface area contributed by atoms with Crippen molar-refractivity contribution in [3.63, 3.8) is 0 Å². The number of hydrogen-bond donors (Lipinski definition) is 4. The predicted octanol–water partition coefficient (Wildman–Crippen LogP) is -2.62. The van der Waals surface area contributed by atoms with E-state index in [1.165, 1.54) is 0 Å². The maximum absolute atomic E-state index is 9.00. The average Bonchev–Trinajstić information content (AvgIpc) is 1.93. The minimum Gasteiger partial charge on any atom is -0.389 e. The van der Waals surface area contributed by atoms with Gasteiger partial charge in [-0.3, -0.25) is 0 Å². The maximum Gasteiger partial charge on any atom is 0.172 e. The van der Waals surface area contributed by atoms with Gasteiger partial charge < -0.3 is 25.8 Å². The monoisotopic (exact) mass is 149 g/mol. The summed E-state index contributed by atoms with van der Waals surface area (Å²) >= 11 is 0. The summed E-state index contributed by atoms with van der Waals surface area (Å²) in [7, 11) is 0. The van der Waals surface area contributed by atoms with Crippen LogP contribution in [-0.4, -0.2) is 46.5 Å². The summed E-state index contributed by atoms with van der Waals surface area (Å²) < 4.78 is 4.59. The van der Waals surface area contributed by atoms with Crippen LogP contribution in [0.25, 0.3) is 0 Å². The SMILES string of the molecule is N[C@H]1[C@@H](O)[C@@H](O)CO[C@H]1O. The first-order valence-electron chi connectivity index (χ1n) is 3.04. The Morgan fingerprint density at radius 2 is 1.90 bits per heavy atom. The zero-order valence-electron chi connectivity index (χ0n) is 5.34. The van der Waals surface area contributed by atoms with E-state index in [1.807, 2.05) is 0 Å². The molecule has 0 aliphatic carbocycles. The third-order valence-corrected chi connectivity index (χ3v) is 1.56. The van der Waals surface area contributed by atoms with E-state index in [0.717, 1.165) is 0 Å². The molecular weight excluding hydrogens is 138 g/mol. The number of rotatable bonds is 0. The third-order valence-electron chi connectivity index (χ3n) is 1.56.